The molecule has 1 fully saturated rings. The summed E-state index contributed by atoms with van der Waals surface area (Å²) in [7, 11) is 0. The lowest BCUT2D eigenvalue weighted by Crippen LogP contribution is -2.43. The van der Waals surface area contributed by atoms with Crippen molar-refractivity contribution in [1.29, 1.82) is 0 Å². The number of alkyl halides is 4. The van der Waals surface area contributed by atoms with Gasteiger partial charge in [0.25, 0.3) is 0 Å². The zero-order chi connectivity index (χ0) is 18.1. The van der Waals surface area contributed by atoms with Gasteiger partial charge in [-0.05, 0) is 32.1 Å². The fourth-order valence-electron chi connectivity index (χ4n) is 2.69. The van der Waals surface area contributed by atoms with E-state index in [4.69, 9.17) is 46.4 Å². The van der Waals surface area contributed by atoms with Crippen LogP contribution in [0.1, 0.15) is 40.5 Å². The van der Waals surface area contributed by atoms with Crippen LogP contribution in [0.4, 0.5) is 0 Å². The van der Waals surface area contributed by atoms with E-state index in [2.05, 4.69) is 0 Å². The predicted octanol–water partition coefficient (Wildman–Crippen LogP) is 3.77. The second-order valence-electron chi connectivity index (χ2n) is 6.87. The van der Waals surface area contributed by atoms with Crippen molar-refractivity contribution in [2.75, 3.05) is 0 Å². The Morgan fingerprint density at radius 3 is 2.09 bits per heavy atom. The summed E-state index contributed by atoms with van der Waals surface area (Å²) in [5.74, 6) is -1.27. The van der Waals surface area contributed by atoms with Gasteiger partial charge in [0.2, 0.25) is 11.8 Å². The molecule has 23 heavy (non-hydrogen) atoms. The zero-order valence-corrected chi connectivity index (χ0v) is 16.6. The number of hydrogen-bond acceptors (Lipinski definition) is 3. The van der Waals surface area contributed by atoms with Gasteiger partial charge in [-0.25, -0.2) is 0 Å². The lowest BCUT2D eigenvalue weighted by atomic mass is 9.84. The molecule has 0 saturated carbocycles. The van der Waals surface area contributed by atoms with Gasteiger partial charge in [-0.3, -0.25) is 14.5 Å². The molecule has 0 aromatic heterocycles. The molecule has 2 amide bonds. The van der Waals surface area contributed by atoms with E-state index in [1.54, 1.807) is 20.8 Å². The third-order valence-electron chi connectivity index (χ3n) is 4.44. The molecule has 0 aliphatic carbocycles. The highest BCUT2D eigenvalue weighted by molar-refractivity contribution is 6.44. The first-order valence-electron chi connectivity index (χ1n) is 7.52. The van der Waals surface area contributed by atoms with Gasteiger partial charge in [0.05, 0.1) is 17.6 Å². The van der Waals surface area contributed by atoms with Crippen molar-refractivity contribution in [2.24, 2.45) is 17.3 Å². The Kier molecular flexibility index (Phi) is 7.50. The molecule has 8 heteroatoms. The molecular weight excluding hydrogens is 384 g/mol. The number of likely N-dealkylation sites (tertiary alicyclic amines) is 1. The van der Waals surface area contributed by atoms with Crippen molar-refractivity contribution >= 4 is 58.2 Å². The molecule has 1 N–H and O–H groups in total. The smallest absolute Gasteiger partial charge is 0.237 e. The Bertz CT molecular complexity index is 456. The molecule has 1 saturated heterocycles. The second-order valence-corrected chi connectivity index (χ2v) is 9.19. The summed E-state index contributed by atoms with van der Waals surface area (Å²) in [6.45, 7) is 6.79. The summed E-state index contributed by atoms with van der Waals surface area (Å²) < 4.78 is 0. The van der Waals surface area contributed by atoms with Crippen LogP contribution in [-0.4, -0.2) is 43.6 Å². The molecule has 0 bridgehead atoms. The third-order valence-corrected chi connectivity index (χ3v) is 6.16. The van der Waals surface area contributed by atoms with Crippen molar-refractivity contribution < 1.29 is 14.7 Å². The largest absolute Gasteiger partial charge is 0.390 e. The Balaban J connectivity index is 3.03. The fourth-order valence-corrected chi connectivity index (χ4v) is 3.07. The van der Waals surface area contributed by atoms with Gasteiger partial charge in [-0.2, -0.15) is 0 Å². The van der Waals surface area contributed by atoms with Crippen molar-refractivity contribution in [2.45, 2.75) is 62.4 Å². The minimum atomic E-state index is -1.04. The van der Waals surface area contributed by atoms with Crippen molar-refractivity contribution in [3.63, 3.8) is 0 Å². The molecule has 134 valence electrons. The number of aliphatic hydroxyl groups excluding tert-OH is 1. The first-order chi connectivity index (χ1) is 10.4. The van der Waals surface area contributed by atoms with Gasteiger partial charge in [0, 0.05) is 6.42 Å². The zero-order valence-electron chi connectivity index (χ0n) is 13.6. The van der Waals surface area contributed by atoms with Crippen LogP contribution in [0.5, 0.6) is 0 Å². The van der Waals surface area contributed by atoms with Crippen LogP contribution in [0.25, 0.3) is 0 Å². The SMILES string of the molecule is C[C@H](C[C@@H]1[C@H](O)C(C)(C)C(=O)N1C(=O)C[C@H](C)C(Cl)Cl)C(Cl)Cl. The average Bonchev–Trinajstić information content (AvgIpc) is 2.59. The number of carbonyl (C=O) groups excluding carboxylic acids is 2. The topological polar surface area (TPSA) is 57.6 Å². The first kappa shape index (κ1) is 21.3. The Labute approximate surface area is 157 Å². The molecule has 0 aromatic carbocycles. The van der Waals surface area contributed by atoms with Crippen LogP contribution in [0.15, 0.2) is 0 Å². The fraction of sp³-hybridized carbons (Fsp3) is 0.867. The number of rotatable bonds is 6. The van der Waals surface area contributed by atoms with Gasteiger partial charge in [0.1, 0.15) is 9.67 Å². The number of halogens is 4. The minimum absolute atomic E-state index is 0.0300. The van der Waals surface area contributed by atoms with Crippen LogP contribution < -0.4 is 0 Å². The molecule has 4 nitrogen and oxygen atoms in total. The van der Waals surface area contributed by atoms with E-state index < -0.39 is 39.0 Å². The standard InChI is InChI=1S/C15H23Cl4NO3/c1-7(12(16)17)5-9-11(22)15(3,4)14(23)20(9)10(21)6-8(2)13(18)19/h7-9,11-13,22H,5-6H2,1-4H3/t7-,8+,9-,11+/m1/s1. The third kappa shape index (κ3) is 4.66. The number of aliphatic hydroxyl groups is 1. The van der Waals surface area contributed by atoms with E-state index in [9.17, 15) is 14.7 Å². The molecule has 0 aromatic rings. The van der Waals surface area contributed by atoms with Crippen LogP contribution in [0.2, 0.25) is 0 Å². The number of nitrogens with zero attached hydrogens (tertiary/aromatic N) is 1. The average molecular weight is 407 g/mol. The Hall–Kier alpha value is 0.260. The molecule has 0 unspecified atom stereocenters. The Morgan fingerprint density at radius 2 is 1.65 bits per heavy atom. The number of carbonyl (C=O) groups is 2. The van der Waals surface area contributed by atoms with E-state index in [0.29, 0.717) is 6.42 Å². The van der Waals surface area contributed by atoms with Crippen molar-refractivity contribution in [3.05, 3.63) is 0 Å². The maximum atomic E-state index is 12.6. The maximum Gasteiger partial charge on any atom is 0.237 e. The van der Waals surface area contributed by atoms with Gasteiger partial charge in [-0.15, -0.1) is 46.4 Å². The first-order valence-corrected chi connectivity index (χ1v) is 9.26. The van der Waals surface area contributed by atoms with E-state index in [-0.39, 0.29) is 18.3 Å². The molecule has 4 atom stereocenters. The molecule has 0 radical (unpaired) electrons. The minimum Gasteiger partial charge on any atom is -0.390 e. The highest BCUT2D eigenvalue weighted by Crippen LogP contribution is 2.40. The monoisotopic (exact) mass is 405 g/mol. The quantitative estimate of drug-likeness (QED) is 0.683. The van der Waals surface area contributed by atoms with Crippen LogP contribution in [0.3, 0.4) is 0 Å². The highest BCUT2D eigenvalue weighted by atomic mass is 35.5. The van der Waals surface area contributed by atoms with Gasteiger partial charge in [0.15, 0.2) is 0 Å². The summed E-state index contributed by atoms with van der Waals surface area (Å²) in [4.78, 5) is 25.0. The molecule has 1 aliphatic rings. The van der Waals surface area contributed by atoms with E-state index >= 15 is 0 Å². The van der Waals surface area contributed by atoms with Crippen LogP contribution in [0, 0.1) is 17.3 Å². The molecule has 1 heterocycles. The van der Waals surface area contributed by atoms with Crippen LogP contribution in [-0.2, 0) is 9.59 Å². The number of amides is 2. The van der Waals surface area contributed by atoms with Crippen molar-refractivity contribution in [1.82, 2.24) is 4.90 Å². The second kappa shape index (κ2) is 8.09. The lowest BCUT2D eigenvalue weighted by Gasteiger charge is -2.28. The summed E-state index contributed by atoms with van der Waals surface area (Å²) in [6.07, 6.45) is -0.617. The lowest BCUT2D eigenvalue weighted by molar-refractivity contribution is -0.147. The summed E-state index contributed by atoms with van der Waals surface area (Å²) in [5, 5.41) is 10.5. The molecule has 1 rings (SSSR count). The maximum absolute atomic E-state index is 12.6. The summed E-state index contributed by atoms with van der Waals surface area (Å²) >= 11 is 23.3. The number of imide groups is 1. The van der Waals surface area contributed by atoms with E-state index in [1.165, 1.54) is 0 Å². The van der Waals surface area contributed by atoms with Gasteiger partial charge < -0.3 is 5.11 Å². The Morgan fingerprint density at radius 1 is 1.17 bits per heavy atom. The molecular formula is C15H23Cl4NO3. The normalized spacial score (nSPS) is 26.9. The van der Waals surface area contributed by atoms with E-state index in [0.717, 1.165) is 4.90 Å². The van der Waals surface area contributed by atoms with E-state index in [1.807, 2.05) is 6.92 Å². The molecule has 0 spiro atoms. The highest BCUT2D eigenvalue weighted by Gasteiger charge is 2.55. The summed E-state index contributed by atoms with van der Waals surface area (Å²) in [5.41, 5.74) is -1.04. The number of hydrogen-bond donors (Lipinski definition) is 1. The van der Waals surface area contributed by atoms with Crippen molar-refractivity contribution in [3.8, 4) is 0 Å². The summed E-state index contributed by atoms with van der Waals surface area (Å²) in [6, 6.07) is -0.656. The van der Waals surface area contributed by atoms with Crippen LogP contribution >= 0.6 is 46.4 Å². The predicted molar refractivity (Wildman–Crippen MR) is 94.0 cm³/mol. The van der Waals surface area contributed by atoms with Gasteiger partial charge in [-0.1, -0.05) is 13.8 Å². The molecule has 1 aliphatic heterocycles. The van der Waals surface area contributed by atoms with Gasteiger partial charge >= 0.3 is 0 Å².